The first-order valence-corrected chi connectivity index (χ1v) is 5.65. The summed E-state index contributed by atoms with van der Waals surface area (Å²) in [5.41, 5.74) is 6.75. The number of methoxy groups -OCH3 is 1. The highest BCUT2D eigenvalue weighted by molar-refractivity contribution is 5.68. The number of rotatable bonds is 4. The van der Waals surface area contributed by atoms with Crippen molar-refractivity contribution in [2.75, 3.05) is 24.7 Å². The predicted octanol–water partition coefficient (Wildman–Crippen LogP) is 1.60. The molecule has 0 atom stereocenters. The number of ether oxygens (including phenoxy) is 1. The van der Waals surface area contributed by atoms with Crippen LogP contribution in [0.4, 0.5) is 15.8 Å². The van der Waals surface area contributed by atoms with Gasteiger partial charge in [-0.2, -0.15) is 0 Å². The molecule has 0 spiro atoms. The van der Waals surface area contributed by atoms with Crippen molar-refractivity contribution in [1.29, 1.82) is 0 Å². The number of nitrogen functional groups attached to an aromatic ring is 1. The van der Waals surface area contributed by atoms with Gasteiger partial charge < -0.3 is 20.9 Å². The molecule has 0 saturated heterocycles. The van der Waals surface area contributed by atoms with Gasteiger partial charge in [0.2, 0.25) is 0 Å². The molecule has 0 unspecified atom stereocenters. The lowest BCUT2D eigenvalue weighted by atomic mass is 9.82. The van der Waals surface area contributed by atoms with Crippen molar-refractivity contribution >= 4 is 11.4 Å². The van der Waals surface area contributed by atoms with Crippen LogP contribution in [0.5, 0.6) is 5.75 Å². The maximum Gasteiger partial charge on any atom is 0.167 e. The van der Waals surface area contributed by atoms with Gasteiger partial charge in [-0.25, -0.2) is 4.39 Å². The van der Waals surface area contributed by atoms with Gasteiger partial charge >= 0.3 is 0 Å². The molecule has 0 aliphatic heterocycles. The molecule has 2 rings (SSSR count). The predicted molar refractivity (Wildman–Crippen MR) is 64.6 cm³/mol. The van der Waals surface area contributed by atoms with Gasteiger partial charge in [-0.15, -0.1) is 0 Å². The summed E-state index contributed by atoms with van der Waals surface area (Å²) in [6.45, 7) is 0.732. The fourth-order valence-corrected chi connectivity index (χ4v) is 2.00. The van der Waals surface area contributed by atoms with Gasteiger partial charge in [-0.05, 0) is 18.8 Å². The minimum atomic E-state index is -0.463. The van der Waals surface area contributed by atoms with E-state index in [4.69, 9.17) is 15.6 Å². The molecule has 1 aliphatic rings. The fraction of sp³-hybridized carbons (Fsp3) is 0.500. The second kappa shape index (κ2) is 4.79. The lowest BCUT2D eigenvalue weighted by Crippen LogP contribution is -2.33. The highest BCUT2D eigenvalue weighted by atomic mass is 19.1. The summed E-state index contributed by atoms with van der Waals surface area (Å²) in [4.78, 5) is 0. The lowest BCUT2D eigenvalue weighted by Gasteiger charge is -2.31. The quantitative estimate of drug-likeness (QED) is 0.699. The summed E-state index contributed by atoms with van der Waals surface area (Å²) in [5, 5.41) is 12.3. The Morgan fingerprint density at radius 2 is 2.24 bits per heavy atom. The number of hydrogen-bond acceptors (Lipinski definition) is 4. The number of aliphatic hydroxyl groups excluding tert-OH is 1. The Hall–Kier alpha value is -1.49. The topological polar surface area (TPSA) is 67.5 Å². The third kappa shape index (κ3) is 2.61. The van der Waals surface area contributed by atoms with Gasteiger partial charge in [0.05, 0.1) is 24.6 Å². The van der Waals surface area contributed by atoms with Crippen molar-refractivity contribution in [3.8, 4) is 5.75 Å². The van der Waals surface area contributed by atoms with Crippen molar-refractivity contribution in [3.05, 3.63) is 17.9 Å². The third-order valence-corrected chi connectivity index (χ3v) is 3.12. The van der Waals surface area contributed by atoms with E-state index in [1.54, 1.807) is 6.07 Å². The van der Waals surface area contributed by atoms with E-state index in [1.165, 1.54) is 13.2 Å². The minimum absolute atomic E-state index is 0.165. The molecule has 1 saturated carbocycles. The molecule has 1 aromatic carbocycles. The van der Waals surface area contributed by atoms with Crippen LogP contribution in [0.25, 0.3) is 0 Å². The van der Waals surface area contributed by atoms with E-state index in [0.717, 1.165) is 19.4 Å². The third-order valence-electron chi connectivity index (χ3n) is 3.12. The van der Waals surface area contributed by atoms with Gasteiger partial charge in [0.25, 0.3) is 0 Å². The zero-order valence-corrected chi connectivity index (χ0v) is 9.74. The van der Waals surface area contributed by atoms with Crippen molar-refractivity contribution in [1.82, 2.24) is 0 Å². The number of benzene rings is 1. The molecule has 0 radical (unpaired) electrons. The van der Waals surface area contributed by atoms with Crippen LogP contribution in [0.1, 0.15) is 12.8 Å². The van der Waals surface area contributed by atoms with Crippen LogP contribution < -0.4 is 15.8 Å². The molecule has 1 fully saturated rings. The Morgan fingerprint density at radius 3 is 2.82 bits per heavy atom. The second-order valence-corrected chi connectivity index (χ2v) is 4.45. The highest BCUT2D eigenvalue weighted by Gasteiger charge is 2.26. The Kier molecular flexibility index (Phi) is 3.38. The van der Waals surface area contributed by atoms with E-state index in [9.17, 15) is 4.39 Å². The molecule has 94 valence electrons. The summed E-state index contributed by atoms with van der Waals surface area (Å²) in [7, 11) is 1.42. The monoisotopic (exact) mass is 240 g/mol. The molecule has 4 N–H and O–H groups in total. The van der Waals surface area contributed by atoms with Crippen molar-refractivity contribution < 1.29 is 14.2 Å². The summed E-state index contributed by atoms with van der Waals surface area (Å²) in [6.07, 6.45) is 1.46. The summed E-state index contributed by atoms with van der Waals surface area (Å²) in [6, 6.07) is 2.80. The zero-order chi connectivity index (χ0) is 12.4. The first kappa shape index (κ1) is 12.0. The number of nitrogens with two attached hydrogens (primary N) is 1. The molecule has 4 nitrogen and oxygen atoms in total. The Morgan fingerprint density at radius 1 is 1.53 bits per heavy atom. The van der Waals surface area contributed by atoms with Crippen molar-refractivity contribution in [2.24, 2.45) is 5.92 Å². The van der Waals surface area contributed by atoms with Gasteiger partial charge in [0.1, 0.15) is 0 Å². The largest absolute Gasteiger partial charge is 0.494 e. The van der Waals surface area contributed by atoms with Gasteiger partial charge in [-0.1, -0.05) is 0 Å². The van der Waals surface area contributed by atoms with Crippen LogP contribution in [0.15, 0.2) is 12.1 Å². The molecule has 5 heteroatoms. The van der Waals surface area contributed by atoms with E-state index in [-0.39, 0.29) is 11.9 Å². The van der Waals surface area contributed by atoms with Crippen LogP contribution >= 0.6 is 0 Å². The maximum atomic E-state index is 13.3. The van der Waals surface area contributed by atoms with Crippen LogP contribution in [0, 0.1) is 11.7 Å². The van der Waals surface area contributed by atoms with Crippen molar-refractivity contribution in [2.45, 2.75) is 18.9 Å². The molecular weight excluding hydrogens is 223 g/mol. The van der Waals surface area contributed by atoms with Gasteiger partial charge in [-0.3, -0.25) is 0 Å². The first-order valence-electron chi connectivity index (χ1n) is 5.65. The molecule has 1 aromatic rings. The molecule has 0 aromatic heterocycles. The summed E-state index contributed by atoms with van der Waals surface area (Å²) >= 11 is 0. The van der Waals surface area contributed by atoms with Crippen LogP contribution in [0.2, 0.25) is 0 Å². The first-order chi connectivity index (χ1) is 8.10. The second-order valence-electron chi connectivity index (χ2n) is 4.45. The zero-order valence-electron chi connectivity index (χ0n) is 9.74. The number of aliphatic hydroxyl groups is 1. The fourth-order valence-electron chi connectivity index (χ4n) is 2.00. The SMILES string of the molecule is COc1cc(NCC2CC(O)C2)c(N)cc1F. The molecule has 0 bridgehead atoms. The highest BCUT2D eigenvalue weighted by Crippen LogP contribution is 2.31. The average Bonchev–Trinajstić information content (AvgIpc) is 2.25. The van der Waals surface area contributed by atoms with Gasteiger partial charge in [0.15, 0.2) is 11.6 Å². The van der Waals surface area contributed by atoms with Gasteiger partial charge in [0, 0.05) is 18.7 Å². The smallest absolute Gasteiger partial charge is 0.167 e. The lowest BCUT2D eigenvalue weighted by molar-refractivity contribution is 0.0487. The molecule has 0 heterocycles. The van der Waals surface area contributed by atoms with Crippen LogP contribution in [-0.4, -0.2) is 24.9 Å². The number of nitrogens with one attached hydrogen (secondary N) is 1. The molecule has 1 aliphatic carbocycles. The Bertz CT molecular complexity index is 406. The van der Waals surface area contributed by atoms with Crippen molar-refractivity contribution in [3.63, 3.8) is 0 Å². The van der Waals surface area contributed by atoms with E-state index < -0.39 is 5.82 Å². The van der Waals surface area contributed by atoms with Crippen LogP contribution in [0.3, 0.4) is 0 Å². The normalized spacial score (nSPS) is 23.0. The molecule has 0 amide bonds. The average molecular weight is 240 g/mol. The Labute approximate surface area is 99.6 Å². The number of hydrogen-bond donors (Lipinski definition) is 3. The number of anilines is 2. The van der Waals surface area contributed by atoms with E-state index in [2.05, 4.69) is 5.32 Å². The van der Waals surface area contributed by atoms with E-state index >= 15 is 0 Å². The number of halogens is 1. The maximum absolute atomic E-state index is 13.3. The minimum Gasteiger partial charge on any atom is -0.494 e. The molecular formula is C12H17FN2O2. The van der Waals surface area contributed by atoms with Crippen LogP contribution in [-0.2, 0) is 0 Å². The summed E-state index contributed by atoms with van der Waals surface area (Å²) in [5.74, 6) is 0.172. The Balaban J connectivity index is 2.00. The summed E-state index contributed by atoms with van der Waals surface area (Å²) < 4.78 is 18.2. The van der Waals surface area contributed by atoms with E-state index in [1.807, 2.05) is 0 Å². The van der Waals surface area contributed by atoms with E-state index in [0.29, 0.717) is 17.3 Å². The molecule has 17 heavy (non-hydrogen) atoms. The standard InChI is InChI=1S/C12H17FN2O2/c1-17-12-5-11(10(14)4-9(12)13)15-6-7-2-8(16)3-7/h4-5,7-8,15-16H,2-3,6,14H2,1H3.